The van der Waals surface area contributed by atoms with Gasteiger partial charge in [0.15, 0.2) is 0 Å². The van der Waals surface area contributed by atoms with Gasteiger partial charge in [0.05, 0.1) is 6.10 Å². The molecule has 2 unspecified atom stereocenters. The van der Waals surface area contributed by atoms with E-state index in [4.69, 9.17) is 0 Å². The smallest absolute Gasteiger partial charge is 0.0792 e. The summed E-state index contributed by atoms with van der Waals surface area (Å²) in [5, 5.41) is 10.3. The fourth-order valence-corrected chi connectivity index (χ4v) is 1.93. The molecule has 1 aromatic rings. The predicted octanol–water partition coefficient (Wildman–Crippen LogP) is 4.92. The van der Waals surface area contributed by atoms with Gasteiger partial charge < -0.3 is 5.11 Å². The molecule has 0 amide bonds. The van der Waals surface area contributed by atoms with Gasteiger partial charge in [-0.15, -0.1) is 0 Å². The molecule has 0 aliphatic rings. The minimum Gasteiger partial charge on any atom is -0.388 e. The molecule has 0 saturated carbocycles. The molecule has 1 nitrogen and oxygen atoms in total. The summed E-state index contributed by atoms with van der Waals surface area (Å²) in [6, 6.07) is 8.39. The maximum Gasteiger partial charge on any atom is 0.0792 e. The second-order valence-corrected chi connectivity index (χ2v) is 6.84. The van der Waals surface area contributed by atoms with E-state index in [2.05, 4.69) is 65.8 Å². The minimum absolute atomic E-state index is 0.249. The van der Waals surface area contributed by atoms with Gasteiger partial charge in [0.2, 0.25) is 0 Å². The highest BCUT2D eigenvalue weighted by Crippen LogP contribution is 2.33. The Labute approximate surface area is 112 Å². The molecule has 1 N–H and O–H groups in total. The first-order valence-electron chi connectivity index (χ1n) is 6.99. The van der Waals surface area contributed by atoms with Gasteiger partial charge in [-0.25, -0.2) is 0 Å². The summed E-state index contributed by atoms with van der Waals surface area (Å²) in [5.74, 6) is 1.04. The SMILES string of the molecule is CC(C)c1ccc(C(O)CC(C)C(C)(C)C)cc1. The Bertz CT molecular complexity index is 356. The first kappa shape index (κ1) is 15.2. The van der Waals surface area contributed by atoms with E-state index in [1.165, 1.54) is 5.56 Å². The van der Waals surface area contributed by atoms with Gasteiger partial charge in [-0.2, -0.15) is 0 Å². The minimum atomic E-state index is -0.347. The Hall–Kier alpha value is -0.820. The van der Waals surface area contributed by atoms with E-state index >= 15 is 0 Å². The van der Waals surface area contributed by atoms with Crippen molar-refractivity contribution in [2.75, 3.05) is 0 Å². The van der Waals surface area contributed by atoms with E-state index in [1.807, 2.05) is 0 Å². The summed E-state index contributed by atoms with van der Waals surface area (Å²) in [6.07, 6.45) is 0.477. The Balaban J connectivity index is 2.70. The van der Waals surface area contributed by atoms with Crippen LogP contribution in [0, 0.1) is 11.3 Å². The number of hydrogen-bond donors (Lipinski definition) is 1. The first-order chi connectivity index (χ1) is 8.21. The monoisotopic (exact) mass is 248 g/mol. The van der Waals surface area contributed by atoms with Crippen LogP contribution in [0.15, 0.2) is 24.3 Å². The van der Waals surface area contributed by atoms with Crippen LogP contribution < -0.4 is 0 Å². The van der Waals surface area contributed by atoms with Crippen molar-refractivity contribution in [2.24, 2.45) is 11.3 Å². The van der Waals surface area contributed by atoms with Crippen LogP contribution in [0.3, 0.4) is 0 Å². The Morgan fingerprint density at radius 1 is 0.944 bits per heavy atom. The van der Waals surface area contributed by atoms with Gasteiger partial charge >= 0.3 is 0 Å². The van der Waals surface area contributed by atoms with Gasteiger partial charge in [-0.3, -0.25) is 0 Å². The molecule has 0 heterocycles. The van der Waals surface area contributed by atoms with E-state index in [1.54, 1.807) is 0 Å². The fraction of sp³-hybridized carbons (Fsp3) is 0.647. The lowest BCUT2D eigenvalue weighted by atomic mass is 9.78. The Morgan fingerprint density at radius 2 is 1.39 bits per heavy atom. The molecule has 0 aliphatic carbocycles. The van der Waals surface area contributed by atoms with Gasteiger partial charge in [-0.1, -0.05) is 65.8 Å². The number of aliphatic hydroxyl groups is 1. The van der Waals surface area contributed by atoms with Crippen LogP contribution in [0.1, 0.15) is 71.1 Å². The molecule has 2 atom stereocenters. The molecule has 102 valence electrons. The van der Waals surface area contributed by atoms with E-state index in [-0.39, 0.29) is 11.5 Å². The standard InChI is InChI=1S/C17H28O/c1-12(2)14-7-9-15(10-8-14)16(18)11-13(3)17(4,5)6/h7-10,12-13,16,18H,11H2,1-6H3. The van der Waals surface area contributed by atoms with Crippen LogP contribution in [-0.2, 0) is 0 Å². The molecule has 0 aliphatic heterocycles. The van der Waals surface area contributed by atoms with E-state index in [0.29, 0.717) is 11.8 Å². The van der Waals surface area contributed by atoms with Gasteiger partial charge in [0.1, 0.15) is 0 Å². The van der Waals surface area contributed by atoms with Crippen molar-refractivity contribution in [1.82, 2.24) is 0 Å². The Kier molecular flexibility index (Phi) is 4.98. The third-order valence-corrected chi connectivity index (χ3v) is 4.04. The van der Waals surface area contributed by atoms with Gasteiger partial charge in [-0.05, 0) is 34.8 Å². The lowest BCUT2D eigenvalue weighted by molar-refractivity contribution is 0.111. The molecular formula is C17H28O. The quantitative estimate of drug-likeness (QED) is 0.802. The van der Waals surface area contributed by atoms with E-state index in [0.717, 1.165) is 12.0 Å². The van der Waals surface area contributed by atoms with Crippen LogP contribution in [-0.4, -0.2) is 5.11 Å². The maximum atomic E-state index is 10.3. The summed E-state index contributed by atoms with van der Waals surface area (Å²) in [6.45, 7) is 13.3. The highest BCUT2D eigenvalue weighted by atomic mass is 16.3. The van der Waals surface area contributed by atoms with Crippen molar-refractivity contribution >= 4 is 0 Å². The zero-order valence-electron chi connectivity index (χ0n) is 12.7. The third-order valence-electron chi connectivity index (χ3n) is 4.04. The second-order valence-electron chi connectivity index (χ2n) is 6.84. The lowest BCUT2D eigenvalue weighted by Crippen LogP contribution is -2.19. The average Bonchev–Trinajstić information content (AvgIpc) is 2.27. The molecule has 0 saturated heterocycles. The number of aliphatic hydroxyl groups excluding tert-OH is 1. The third kappa shape index (κ3) is 4.13. The number of hydrogen-bond acceptors (Lipinski definition) is 1. The molecule has 0 bridgehead atoms. The van der Waals surface area contributed by atoms with Crippen molar-refractivity contribution in [3.05, 3.63) is 35.4 Å². The number of rotatable bonds is 4. The van der Waals surface area contributed by atoms with Gasteiger partial charge in [0.25, 0.3) is 0 Å². The van der Waals surface area contributed by atoms with Crippen molar-refractivity contribution in [1.29, 1.82) is 0 Å². The van der Waals surface area contributed by atoms with Crippen molar-refractivity contribution < 1.29 is 5.11 Å². The van der Waals surface area contributed by atoms with E-state index < -0.39 is 0 Å². The van der Waals surface area contributed by atoms with Crippen LogP contribution in [0.5, 0.6) is 0 Å². The van der Waals surface area contributed by atoms with Crippen LogP contribution >= 0.6 is 0 Å². The first-order valence-corrected chi connectivity index (χ1v) is 6.99. The topological polar surface area (TPSA) is 20.2 Å². The molecular weight excluding hydrogens is 220 g/mol. The zero-order chi connectivity index (χ0) is 13.9. The van der Waals surface area contributed by atoms with Crippen molar-refractivity contribution in [3.63, 3.8) is 0 Å². The Morgan fingerprint density at radius 3 is 1.78 bits per heavy atom. The van der Waals surface area contributed by atoms with Crippen LogP contribution in [0.4, 0.5) is 0 Å². The van der Waals surface area contributed by atoms with Gasteiger partial charge in [0, 0.05) is 0 Å². The molecule has 1 rings (SSSR count). The summed E-state index contributed by atoms with van der Waals surface area (Å²) in [7, 11) is 0. The summed E-state index contributed by atoms with van der Waals surface area (Å²) >= 11 is 0. The van der Waals surface area contributed by atoms with E-state index in [9.17, 15) is 5.11 Å². The largest absolute Gasteiger partial charge is 0.388 e. The fourth-order valence-electron chi connectivity index (χ4n) is 1.93. The normalized spacial score (nSPS) is 15.8. The molecule has 0 aromatic heterocycles. The maximum absolute atomic E-state index is 10.3. The number of benzene rings is 1. The predicted molar refractivity (Wildman–Crippen MR) is 78.7 cm³/mol. The molecule has 1 heteroatoms. The lowest BCUT2D eigenvalue weighted by Gasteiger charge is -2.29. The summed E-state index contributed by atoms with van der Waals surface area (Å²) < 4.78 is 0. The molecule has 0 radical (unpaired) electrons. The highest BCUT2D eigenvalue weighted by Gasteiger charge is 2.23. The van der Waals surface area contributed by atoms with Crippen molar-refractivity contribution in [2.45, 2.75) is 60.0 Å². The second kappa shape index (κ2) is 5.88. The molecule has 0 spiro atoms. The average molecular weight is 248 g/mol. The summed E-state index contributed by atoms with van der Waals surface area (Å²) in [4.78, 5) is 0. The molecule has 0 fully saturated rings. The molecule has 18 heavy (non-hydrogen) atoms. The van der Waals surface area contributed by atoms with Crippen LogP contribution in [0.25, 0.3) is 0 Å². The molecule has 1 aromatic carbocycles. The highest BCUT2D eigenvalue weighted by molar-refractivity contribution is 5.26. The van der Waals surface area contributed by atoms with Crippen molar-refractivity contribution in [3.8, 4) is 0 Å². The van der Waals surface area contributed by atoms with Crippen LogP contribution in [0.2, 0.25) is 0 Å². The zero-order valence-corrected chi connectivity index (χ0v) is 12.7. The summed E-state index contributed by atoms with van der Waals surface area (Å²) in [5.41, 5.74) is 2.61.